The molecule has 38 heavy (non-hydrogen) atoms. The summed E-state index contributed by atoms with van der Waals surface area (Å²) in [4.78, 5) is 37.3. The van der Waals surface area contributed by atoms with E-state index in [1.165, 1.54) is 29.8 Å². The molecule has 0 saturated carbocycles. The van der Waals surface area contributed by atoms with E-state index < -0.39 is 12.9 Å². The molecule has 4 rings (SSSR count). The quantitative estimate of drug-likeness (QED) is 0.308. The van der Waals surface area contributed by atoms with Crippen molar-refractivity contribution in [3.63, 3.8) is 0 Å². The van der Waals surface area contributed by atoms with Gasteiger partial charge in [-0.05, 0) is 38.3 Å². The summed E-state index contributed by atoms with van der Waals surface area (Å²) >= 11 is 0. The summed E-state index contributed by atoms with van der Waals surface area (Å²) in [6, 6.07) is 12.4. The van der Waals surface area contributed by atoms with Crippen LogP contribution >= 0.6 is 0 Å². The van der Waals surface area contributed by atoms with Gasteiger partial charge in [0.2, 0.25) is 11.9 Å². The number of rotatable bonds is 10. The van der Waals surface area contributed by atoms with E-state index in [0.29, 0.717) is 40.7 Å². The number of hydrogen-bond acceptors (Lipinski definition) is 8. The van der Waals surface area contributed by atoms with Crippen LogP contribution in [0.25, 0.3) is 16.9 Å². The summed E-state index contributed by atoms with van der Waals surface area (Å²) < 4.78 is 31.4. The van der Waals surface area contributed by atoms with Crippen LogP contribution in [-0.4, -0.2) is 71.2 Å². The van der Waals surface area contributed by atoms with Crippen molar-refractivity contribution in [2.45, 2.75) is 0 Å². The number of aryl methyl sites for hydroxylation is 1. The lowest BCUT2D eigenvalue weighted by molar-refractivity contribution is -0.111. The van der Waals surface area contributed by atoms with Crippen LogP contribution in [0.4, 0.5) is 23.0 Å². The Morgan fingerprint density at radius 3 is 2.66 bits per heavy atom. The molecule has 0 radical (unpaired) electrons. The summed E-state index contributed by atoms with van der Waals surface area (Å²) in [6.45, 7) is 1.90. The molecule has 2 heterocycles. The van der Waals surface area contributed by atoms with Crippen LogP contribution in [-0.2, 0) is 11.8 Å². The summed E-state index contributed by atoms with van der Waals surface area (Å²) in [5, 5.41) is 5.92. The highest BCUT2D eigenvalue weighted by atomic mass is 16.5. The lowest BCUT2D eigenvalue weighted by Gasteiger charge is -2.26. The Bertz CT molecular complexity index is 1650. The van der Waals surface area contributed by atoms with Crippen LogP contribution < -0.4 is 26.0 Å². The Labute approximate surface area is 225 Å². The van der Waals surface area contributed by atoms with Gasteiger partial charge < -0.3 is 25.2 Å². The van der Waals surface area contributed by atoms with Gasteiger partial charge in [0.15, 0.2) is 0 Å². The molecule has 0 unspecified atom stereocenters. The molecule has 0 aliphatic rings. The number of carbonyl (C=O) groups excluding carboxylic acids is 1. The molecule has 198 valence electrons. The highest BCUT2D eigenvalue weighted by molar-refractivity contribution is 6.02. The van der Waals surface area contributed by atoms with Gasteiger partial charge in [-0.25, -0.2) is 14.3 Å². The predicted molar refractivity (Wildman–Crippen MR) is 151 cm³/mol. The van der Waals surface area contributed by atoms with Crippen LogP contribution in [0.5, 0.6) is 5.75 Å². The summed E-state index contributed by atoms with van der Waals surface area (Å²) in [7, 11) is 6.51. The summed E-state index contributed by atoms with van der Waals surface area (Å²) in [5.41, 5.74) is 2.69. The number of ether oxygens (including phenoxy) is 1. The largest absolute Gasteiger partial charge is 0.494 e. The fourth-order valence-electron chi connectivity index (χ4n) is 4.02. The molecule has 11 heteroatoms. The van der Waals surface area contributed by atoms with Gasteiger partial charge in [-0.1, -0.05) is 18.7 Å². The zero-order valence-electron chi connectivity index (χ0n) is 24.7. The first-order chi connectivity index (χ1) is 19.4. The molecule has 4 aromatic rings. The predicted octanol–water partition coefficient (Wildman–Crippen LogP) is 2.99. The lowest BCUT2D eigenvalue weighted by Crippen LogP contribution is -2.29. The lowest BCUT2D eigenvalue weighted by atomic mass is 10.2. The van der Waals surface area contributed by atoms with Gasteiger partial charge in [0, 0.05) is 49.6 Å². The second kappa shape index (κ2) is 11.2. The van der Waals surface area contributed by atoms with E-state index in [1.54, 1.807) is 36.9 Å². The third-order valence-electron chi connectivity index (χ3n) is 6.02. The molecular weight excluding hydrogens is 484 g/mol. The molecule has 0 fully saturated rings. The van der Waals surface area contributed by atoms with Crippen LogP contribution in [0.15, 0.2) is 66.1 Å². The molecular formula is C27H32N8O3. The highest BCUT2D eigenvalue weighted by Crippen LogP contribution is 2.38. The molecule has 0 atom stereocenters. The highest BCUT2D eigenvalue weighted by Gasteiger charge is 2.18. The number of carbonyl (C=O) groups is 1. The van der Waals surface area contributed by atoms with E-state index in [9.17, 15) is 9.59 Å². The number of likely N-dealkylation sites (N-methyl/N-ethyl adjacent to an activating group) is 2. The standard InChI is InChI=1S/C27H32N8O3/c1-7-25(36)29-18-16-19(23(38-6)17-22(18)33(4)15-14-32(2)3)30-26-28-13-12-24(31-26)35-21-11-9-8-10-20(21)34(5)27(35)37/h7-13,16-17H,1,14-15H2,2-6H3,(H,29,36)(H,28,30,31)/i2D3. The molecule has 1 amide bonds. The zero-order valence-corrected chi connectivity index (χ0v) is 21.7. The first kappa shape index (κ1) is 22.5. The molecule has 0 bridgehead atoms. The number of para-hydroxylation sites is 2. The number of imidazole rings is 1. The van der Waals surface area contributed by atoms with Crippen molar-refractivity contribution < 1.29 is 13.6 Å². The van der Waals surface area contributed by atoms with Crippen LogP contribution in [0, 0.1) is 0 Å². The number of hydrogen-bond donors (Lipinski definition) is 2. The van der Waals surface area contributed by atoms with Crippen molar-refractivity contribution in [3.05, 3.63) is 71.8 Å². The molecule has 2 aromatic carbocycles. The fourth-order valence-corrected chi connectivity index (χ4v) is 4.02. The maximum atomic E-state index is 13.0. The van der Waals surface area contributed by atoms with Crippen molar-refractivity contribution in [2.75, 3.05) is 56.8 Å². The number of anilines is 4. The monoisotopic (exact) mass is 519 g/mol. The fraction of sp³-hybridized carbons (Fsp3) is 0.259. The number of benzene rings is 2. The average Bonchev–Trinajstić information content (AvgIpc) is 3.20. The number of fused-ring (bicyclic) bond motifs is 1. The first-order valence-electron chi connectivity index (χ1n) is 13.3. The number of nitrogens with zero attached hydrogens (tertiary/aromatic N) is 6. The molecule has 2 N–H and O–H groups in total. The number of aromatic nitrogens is 4. The van der Waals surface area contributed by atoms with Crippen LogP contribution in [0.2, 0.25) is 0 Å². The topological polar surface area (TPSA) is 110 Å². The molecule has 0 spiro atoms. The van der Waals surface area contributed by atoms with E-state index in [0.717, 1.165) is 11.6 Å². The van der Waals surface area contributed by atoms with E-state index in [4.69, 9.17) is 8.85 Å². The van der Waals surface area contributed by atoms with Crippen molar-refractivity contribution in [1.29, 1.82) is 0 Å². The van der Waals surface area contributed by atoms with Crippen molar-refractivity contribution in [3.8, 4) is 11.6 Å². The van der Waals surface area contributed by atoms with E-state index in [-0.39, 0.29) is 18.2 Å². The maximum absolute atomic E-state index is 13.0. The smallest absolute Gasteiger partial charge is 0.334 e. The minimum atomic E-state index is -2.22. The van der Waals surface area contributed by atoms with Gasteiger partial charge in [-0.3, -0.25) is 9.36 Å². The van der Waals surface area contributed by atoms with Crippen LogP contribution in [0.1, 0.15) is 4.11 Å². The normalized spacial score (nSPS) is 12.5. The Morgan fingerprint density at radius 1 is 1.18 bits per heavy atom. The third-order valence-corrected chi connectivity index (χ3v) is 6.02. The number of nitrogens with one attached hydrogen (secondary N) is 2. The number of methoxy groups -OCH3 is 1. The first-order valence-corrected chi connectivity index (χ1v) is 11.8. The Morgan fingerprint density at radius 2 is 1.95 bits per heavy atom. The van der Waals surface area contributed by atoms with Gasteiger partial charge in [0.25, 0.3) is 0 Å². The summed E-state index contributed by atoms with van der Waals surface area (Å²) in [5.74, 6) is 0.563. The van der Waals surface area contributed by atoms with Crippen LogP contribution in [0.3, 0.4) is 0 Å². The van der Waals surface area contributed by atoms with Crippen molar-refractivity contribution in [2.24, 2.45) is 7.05 Å². The van der Waals surface area contributed by atoms with E-state index in [1.807, 2.05) is 29.2 Å². The van der Waals surface area contributed by atoms with Gasteiger partial charge >= 0.3 is 5.69 Å². The minimum absolute atomic E-state index is 0.196. The molecule has 0 aliphatic carbocycles. The Hall–Kier alpha value is -4.64. The van der Waals surface area contributed by atoms with E-state index in [2.05, 4.69) is 27.2 Å². The molecule has 0 aliphatic heterocycles. The number of amides is 1. The Kier molecular flexibility index (Phi) is 6.63. The molecule has 0 saturated heterocycles. The second-order valence-corrected chi connectivity index (χ2v) is 8.64. The minimum Gasteiger partial charge on any atom is -0.494 e. The molecule has 2 aromatic heterocycles. The van der Waals surface area contributed by atoms with Crippen molar-refractivity contribution >= 4 is 40.0 Å². The third kappa shape index (κ3) is 5.37. The van der Waals surface area contributed by atoms with Crippen molar-refractivity contribution in [1.82, 2.24) is 24.0 Å². The van der Waals surface area contributed by atoms with Gasteiger partial charge in [0.05, 0.1) is 35.2 Å². The Balaban J connectivity index is 1.70. The van der Waals surface area contributed by atoms with Gasteiger partial charge in [-0.2, -0.15) is 4.98 Å². The van der Waals surface area contributed by atoms with E-state index >= 15 is 0 Å². The maximum Gasteiger partial charge on any atom is 0.334 e. The zero-order chi connectivity index (χ0) is 29.9. The second-order valence-electron chi connectivity index (χ2n) is 8.64. The van der Waals surface area contributed by atoms with Gasteiger partial charge in [0.1, 0.15) is 11.6 Å². The average molecular weight is 520 g/mol. The SMILES string of the molecule is [2H]C([2H])([2H])N(C)CCN(C)c1cc(OC)c(Nc2nccc(-n3c(=O)n(C)c4ccccc43)n2)cc1NC(=O)C=C. The summed E-state index contributed by atoms with van der Waals surface area (Å²) in [6.07, 6.45) is 2.69. The van der Waals surface area contributed by atoms with Gasteiger partial charge in [-0.15, -0.1) is 0 Å². The molecule has 11 nitrogen and oxygen atoms in total.